The highest BCUT2D eigenvalue weighted by Crippen LogP contribution is 2.14. The van der Waals surface area contributed by atoms with Gasteiger partial charge in [0, 0.05) is 13.1 Å². The van der Waals surface area contributed by atoms with Crippen molar-refractivity contribution in [2.45, 2.75) is 6.04 Å². The van der Waals surface area contributed by atoms with Gasteiger partial charge in [-0.1, -0.05) is 6.58 Å². The van der Waals surface area contributed by atoms with Gasteiger partial charge in [0.2, 0.25) is 5.91 Å². The fraction of sp³-hybridized carbons (Fsp3) is 0.300. The number of halogens is 1. The van der Waals surface area contributed by atoms with Crippen LogP contribution in [0.3, 0.4) is 0 Å². The number of likely N-dealkylation sites (tertiary alicyclic amines) is 1. The molecule has 98 valence electrons. The summed E-state index contributed by atoms with van der Waals surface area (Å²) in [5, 5.41) is 0. The number of nitrogens with two attached hydrogens (primary N) is 3. The van der Waals surface area contributed by atoms with Crippen molar-refractivity contribution in [3.05, 3.63) is 22.8 Å². The zero-order chi connectivity index (χ0) is 13.9. The Morgan fingerprint density at radius 2 is 1.89 bits per heavy atom. The molecule has 0 aromatic rings. The van der Waals surface area contributed by atoms with Gasteiger partial charge < -0.3 is 22.1 Å². The summed E-state index contributed by atoms with van der Waals surface area (Å²) in [4.78, 5) is 27.9. The Hall–Kier alpha value is -1.83. The lowest BCUT2D eigenvalue weighted by molar-refractivity contribution is -0.130. The second kappa shape index (κ2) is 5.67. The van der Waals surface area contributed by atoms with Crippen LogP contribution in [0.25, 0.3) is 0 Å². The number of primary amides is 1. The van der Waals surface area contributed by atoms with Crippen LogP contribution in [0.1, 0.15) is 0 Å². The Morgan fingerprint density at radius 1 is 1.33 bits per heavy atom. The van der Waals surface area contributed by atoms with Gasteiger partial charge in [0.15, 0.2) is 0 Å². The number of amidine groups is 1. The number of carbonyl (C=O) groups is 2. The molecule has 1 saturated heterocycles. The van der Waals surface area contributed by atoms with Crippen LogP contribution in [0.2, 0.25) is 0 Å². The van der Waals surface area contributed by atoms with Gasteiger partial charge in [-0.15, -0.1) is 0 Å². The van der Waals surface area contributed by atoms with Crippen molar-refractivity contribution >= 4 is 33.6 Å². The van der Waals surface area contributed by atoms with E-state index < -0.39 is 5.91 Å². The number of hydrogen-bond acceptors (Lipinski definition) is 4. The number of aliphatic imine (C=N–C) groups is 1. The number of carbonyl (C=O) groups excluding carboxylic acids is 2. The Labute approximate surface area is 113 Å². The van der Waals surface area contributed by atoms with E-state index in [9.17, 15) is 9.59 Å². The molecule has 1 rings (SSSR count). The predicted molar refractivity (Wildman–Crippen MR) is 71.5 cm³/mol. The molecule has 0 atom stereocenters. The standard InChI is InChI=1S/C10H14BrN5O2/c1-2-6(17)16-3-5(4-16)15-9(13)7(8(11)12)10(14)18/h2,5H,1,3-4,12H2,(H2,13,15)(H2,14,18)/b8-7+. The van der Waals surface area contributed by atoms with Gasteiger partial charge in [-0.3, -0.25) is 14.6 Å². The van der Waals surface area contributed by atoms with E-state index in [0.29, 0.717) is 13.1 Å². The van der Waals surface area contributed by atoms with Crippen molar-refractivity contribution < 1.29 is 9.59 Å². The molecule has 18 heavy (non-hydrogen) atoms. The molecular formula is C10H14BrN5O2. The second-order valence-corrected chi connectivity index (χ2v) is 4.56. The van der Waals surface area contributed by atoms with Crippen LogP contribution >= 0.6 is 15.9 Å². The first-order valence-electron chi connectivity index (χ1n) is 5.06. The first-order chi connectivity index (χ1) is 8.36. The first kappa shape index (κ1) is 14.2. The monoisotopic (exact) mass is 315 g/mol. The van der Waals surface area contributed by atoms with Gasteiger partial charge in [-0.2, -0.15) is 0 Å². The Morgan fingerprint density at radius 3 is 2.28 bits per heavy atom. The van der Waals surface area contributed by atoms with Crippen molar-refractivity contribution in [1.82, 2.24) is 4.90 Å². The molecule has 8 heteroatoms. The molecule has 6 N–H and O–H groups in total. The highest BCUT2D eigenvalue weighted by atomic mass is 79.9. The number of amides is 2. The molecule has 1 aliphatic heterocycles. The van der Waals surface area contributed by atoms with E-state index in [4.69, 9.17) is 17.2 Å². The number of rotatable bonds is 4. The molecule has 7 nitrogen and oxygen atoms in total. The summed E-state index contributed by atoms with van der Waals surface area (Å²) >= 11 is 2.94. The zero-order valence-corrected chi connectivity index (χ0v) is 11.2. The molecule has 0 aliphatic carbocycles. The van der Waals surface area contributed by atoms with Crippen LogP contribution in [-0.4, -0.2) is 41.7 Å². The van der Waals surface area contributed by atoms with Crippen molar-refractivity contribution in [2.24, 2.45) is 22.2 Å². The molecular weight excluding hydrogens is 302 g/mol. The maximum atomic E-state index is 11.2. The molecule has 0 unspecified atom stereocenters. The van der Waals surface area contributed by atoms with Crippen molar-refractivity contribution in [1.29, 1.82) is 0 Å². The third-order valence-electron chi connectivity index (χ3n) is 2.41. The van der Waals surface area contributed by atoms with E-state index >= 15 is 0 Å². The van der Waals surface area contributed by atoms with Crippen LogP contribution in [0, 0.1) is 0 Å². The van der Waals surface area contributed by atoms with Crippen LogP contribution in [-0.2, 0) is 9.59 Å². The average molecular weight is 316 g/mol. The van der Waals surface area contributed by atoms with Gasteiger partial charge in [-0.05, 0) is 22.0 Å². The Kier molecular flexibility index (Phi) is 4.49. The first-order valence-corrected chi connectivity index (χ1v) is 5.86. The third-order valence-corrected chi connectivity index (χ3v) is 2.81. The summed E-state index contributed by atoms with van der Waals surface area (Å²) in [6.45, 7) is 4.24. The predicted octanol–water partition coefficient (Wildman–Crippen LogP) is -1.21. The summed E-state index contributed by atoms with van der Waals surface area (Å²) in [7, 11) is 0. The van der Waals surface area contributed by atoms with E-state index in [2.05, 4.69) is 27.5 Å². The smallest absolute Gasteiger partial charge is 0.255 e. The Balaban J connectivity index is 2.70. The topological polar surface area (TPSA) is 128 Å². The molecule has 0 bridgehead atoms. The quantitative estimate of drug-likeness (QED) is 0.260. The molecule has 0 aromatic carbocycles. The SMILES string of the molecule is C=CC(=O)N1CC(N=C(N)/C(C(N)=O)=C(\N)Br)C1. The third kappa shape index (κ3) is 3.10. The Bertz CT molecular complexity index is 447. The van der Waals surface area contributed by atoms with Crippen LogP contribution in [0.15, 0.2) is 27.8 Å². The lowest BCUT2D eigenvalue weighted by Gasteiger charge is -2.36. The molecule has 0 aromatic heterocycles. The number of nitrogens with zero attached hydrogens (tertiary/aromatic N) is 2. The fourth-order valence-electron chi connectivity index (χ4n) is 1.47. The lowest BCUT2D eigenvalue weighted by atomic mass is 10.1. The van der Waals surface area contributed by atoms with Gasteiger partial charge in [0.05, 0.1) is 10.6 Å². The van der Waals surface area contributed by atoms with Crippen molar-refractivity contribution in [2.75, 3.05) is 13.1 Å². The molecule has 1 heterocycles. The minimum atomic E-state index is -0.760. The van der Waals surface area contributed by atoms with E-state index in [0.717, 1.165) is 0 Å². The molecule has 0 spiro atoms. The average Bonchev–Trinajstić information content (AvgIpc) is 2.20. The highest BCUT2D eigenvalue weighted by Gasteiger charge is 2.29. The van der Waals surface area contributed by atoms with Crippen molar-refractivity contribution in [3.63, 3.8) is 0 Å². The van der Waals surface area contributed by atoms with Crippen LogP contribution in [0.4, 0.5) is 0 Å². The lowest BCUT2D eigenvalue weighted by Crippen LogP contribution is -2.53. The van der Waals surface area contributed by atoms with E-state index in [-0.39, 0.29) is 28.0 Å². The number of hydrogen-bond donors (Lipinski definition) is 3. The highest BCUT2D eigenvalue weighted by molar-refractivity contribution is 9.11. The molecule has 0 radical (unpaired) electrons. The molecule has 0 saturated carbocycles. The molecule has 1 fully saturated rings. The van der Waals surface area contributed by atoms with Crippen LogP contribution in [0.5, 0.6) is 0 Å². The fourth-order valence-corrected chi connectivity index (χ4v) is 1.87. The van der Waals surface area contributed by atoms with Gasteiger partial charge in [-0.25, -0.2) is 0 Å². The molecule has 1 aliphatic rings. The van der Waals surface area contributed by atoms with E-state index in [1.165, 1.54) is 6.08 Å². The van der Waals surface area contributed by atoms with E-state index in [1.807, 2.05) is 0 Å². The summed E-state index contributed by atoms with van der Waals surface area (Å²) in [6, 6.07) is -0.157. The summed E-state index contributed by atoms with van der Waals surface area (Å²) < 4.78 is 0.0367. The second-order valence-electron chi connectivity index (χ2n) is 3.70. The summed E-state index contributed by atoms with van der Waals surface area (Å²) in [5.74, 6) is -0.956. The van der Waals surface area contributed by atoms with E-state index in [1.54, 1.807) is 4.90 Å². The van der Waals surface area contributed by atoms with Gasteiger partial charge in [0.25, 0.3) is 5.91 Å². The summed E-state index contributed by atoms with van der Waals surface area (Å²) in [5.41, 5.74) is 16.1. The van der Waals surface area contributed by atoms with Crippen LogP contribution < -0.4 is 17.2 Å². The summed E-state index contributed by atoms with van der Waals surface area (Å²) in [6.07, 6.45) is 1.23. The van der Waals surface area contributed by atoms with Gasteiger partial charge >= 0.3 is 0 Å². The normalized spacial score (nSPS) is 17.8. The van der Waals surface area contributed by atoms with Gasteiger partial charge in [0.1, 0.15) is 11.4 Å². The maximum Gasteiger partial charge on any atom is 0.255 e. The molecule has 2 amide bonds. The minimum absolute atomic E-state index is 0.0347. The largest absolute Gasteiger partial charge is 0.392 e. The van der Waals surface area contributed by atoms with Crippen molar-refractivity contribution in [3.8, 4) is 0 Å². The maximum absolute atomic E-state index is 11.2. The minimum Gasteiger partial charge on any atom is -0.392 e. The zero-order valence-electron chi connectivity index (χ0n) is 9.60.